The first-order valence-electron chi connectivity index (χ1n) is 7.88. The molecule has 0 aliphatic rings. The van der Waals surface area contributed by atoms with Gasteiger partial charge in [0.15, 0.2) is 0 Å². The molecular formula is C19H14N4O2S. The number of benzene rings is 2. The van der Waals surface area contributed by atoms with E-state index in [-0.39, 0.29) is 6.03 Å². The van der Waals surface area contributed by atoms with Crippen molar-refractivity contribution in [2.45, 2.75) is 0 Å². The molecule has 0 saturated carbocycles. The van der Waals surface area contributed by atoms with Crippen LogP contribution in [0.15, 0.2) is 75.9 Å². The lowest BCUT2D eigenvalue weighted by atomic mass is 10.2. The van der Waals surface area contributed by atoms with Gasteiger partial charge in [-0.25, -0.2) is 4.79 Å². The Morgan fingerprint density at radius 2 is 1.62 bits per heavy atom. The summed E-state index contributed by atoms with van der Waals surface area (Å²) >= 11 is 1.57. The number of thiophene rings is 1. The average molecular weight is 362 g/mol. The Morgan fingerprint density at radius 1 is 0.885 bits per heavy atom. The second-order valence-electron chi connectivity index (χ2n) is 5.46. The van der Waals surface area contributed by atoms with Crippen molar-refractivity contribution >= 4 is 28.7 Å². The van der Waals surface area contributed by atoms with Crippen molar-refractivity contribution in [3.63, 3.8) is 0 Å². The first kappa shape index (κ1) is 16.0. The summed E-state index contributed by atoms with van der Waals surface area (Å²) in [5, 5.41) is 13.5. The van der Waals surface area contributed by atoms with Crippen molar-refractivity contribution < 1.29 is 9.32 Å². The number of rotatable bonds is 4. The number of amides is 2. The van der Waals surface area contributed by atoms with Crippen LogP contribution in [0.4, 0.5) is 16.2 Å². The maximum atomic E-state index is 12.0. The lowest BCUT2D eigenvalue weighted by Gasteiger charge is -2.07. The van der Waals surface area contributed by atoms with E-state index in [0.717, 1.165) is 16.8 Å². The Bertz CT molecular complexity index is 996. The van der Waals surface area contributed by atoms with Crippen molar-refractivity contribution in [3.05, 3.63) is 71.4 Å². The number of anilines is 2. The van der Waals surface area contributed by atoms with E-state index in [1.165, 1.54) is 0 Å². The van der Waals surface area contributed by atoms with Crippen LogP contribution >= 0.6 is 11.3 Å². The second-order valence-corrected chi connectivity index (χ2v) is 6.24. The molecule has 128 valence electrons. The maximum Gasteiger partial charge on any atom is 0.323 e. The monoisotopic (exact) mass is 362 g/mol. The van der Waals surface area contributed by atoms with Crippen molar-refractivity contribution in [1.82, 2.24) is 10.1 Å². The fourth-order valence-corrected chi connectivity index (χ4v) is 2.99. The van der Waals surface area contributed by atoms with Gasteiger partial charge in [-0.05, 0) is 47.8 Å². The summed E-state index contributed by atoms with van der Waals surface area (Å²) in [7, 11) is 0. The fraction of sp³-hybridized carbons (Fsp3) is 0. The van der Waals surface area contributed by atoms with Crippen LogP contribution in [0.5, 0.6) is 0 Å². The van der Waals surface area contributed by atoms with Gasteiger partial charge in [-0.2, -0.15) is 16.3 Å². The molecule has 2 amide bonds. The predicted octanol–water partition coefficient (Wildman–Crippen LogP) is 5.11. The third-order valence-electron chi connectivity index (χ3n) is 3.63. The average Bonchev–Trinajstić information content (AvgIpc) is 3.35. The molecule has 6 nitrogen and oxygen atoms in total. The minimum Gasteiger partial charge on any atom is -0.334 e. The highest BCUT2D eigenvalue weighted by Gasteiger charge is 2.11. The summed E-state index contributed by atoms with van der Waals surface area (Å²) in [6.45, 7) is 0. The van der Waals surface area contributed by atoms with Crippen LogP contribution in [-0.4, -0.2) is 16.2 Å². The molecule has 0 saturated heterocycles. The Morgan fingerprint density at radius 3 is 2.31 bits per heavy atom. The van der Waals surface area contributed by atoms with Crippen molar-refractivity contribution in [2.24, 2.45) is 0 Å². The number of hydrogen-bond donors (Lipinski definition) is 2. The quantitative estimate of drug-likeness (QED) is 0.529. The molecule has 2 aromatic heterocycles. The van der Waals surface area contributed by atoms with E-state index in [1.807, 2.05) is 59.3 Å². The van der Waals surface area contributed by atoms with Gasteiger partial charge in [-0.15, -0.1) is 0 Å². The van der Waals surface area contributed by atoms with Crippen LogP contribution in [0.25, 0.3) is 22.8 Å². The molecule has 26 heavy (non-hydrogen) atoms. The second kappa shape index (κ2) is 7.20. The lowest BCUT2D eigenvalue weighted by Crippen LogP contribution is -2.19. The highest BCUT2D eigenvalue weighted by atomic mass is 32.1. The Balaban J connectivity index is 1.43. The van der Waals surface area contributed by atoms with Gasteiger partial charge in [0.25, 0.3) is 5.89 Å². The molecule has 0 aliphatic carbocycles. The summed E-state index contributed by atoms with van der Waals surface area (Å²) in [6, 6.07) is 18.1. The molecule has 0 radical (unpaired) electrons. The Hall–Kier alpha value is -3.45. The van der Waals surface area contributed by atoms with E-state index in [4.69, 9.17) is 4.52 Å². The number of carbonyl (C=O) groups excluding carboxylic acids is 1. The van der Waals surface area contributed by atoms with E-state index < -0.39 is 0 Å². The number of nitrogens with one attached hydrogen (secondary N) is 2. The Kier molecular flexibility index (Phi) is 4.44. The van der Waals surface area contributed by atoms with E-state index in [1.54, 1.807) is 23.5 Å². The first-order chi connectivity index (χ1) is 12.8. The molecule has 7 heteroatoms. The lowest BCUT2D eigenvalue weighted by molar-refractivity contribution is 0.262. The third-order valence-corrected chi connectivity index (χ3v) is 4.31. The summed E-state index contributed by atoms with van der Waals surface area (Å²) in [5.74, 6) is 0.997. The topological polar surface area (TPSA) is 80.0 Å². The van der Waals surface area contributed by atoms with E-state index in [0.29, 0.717) is 17.4 Å². The zero-order valence-electron chi connectivity index (χ0n) is 13.5. The van der Waals surface area contributed by atoms with E-state index in [9.17, 15) is 4.79 Å². The van der Waals surface area contributed by atoms with Crippen LogP contribution in [0, 0.1) is 0 Å². The minimum atomic E-state index is -0.303. The normalized spacial score (nSPS) is 10.5. The summed E-state index contributed by atoms with van der Waals surface area (Å²) in [4.78, 5) is 16.4. The summed E-state index contributed by atoms with van der Waals surface area (Å²) < 4.78 is 5.29. The van der Waals surface area contributed by atoms with Crippen molar-refractivity contribution in [3.8, 4) is 22.8 Å². The van der Waals surface area contributed by atoms with Crippen LogP contribution in [-0.2, 0) is 0 Å². The number of urea groups is 1. The van der Waals surface area contributed by atoms with Gasteiger partial charge in [-0.1, -0.05) is 23.4 Å². The molecule has 0 aliphatic heterocycles. The van der Waals surface area contributed by atoms with Crippen LogP contribution in [0.2, 0.25) is 0 Å². The van der Waals surface area contributed by atoms with Crippen LogP contribution in [0.3, 0.4) is 0 Å². The number of para-hydroxylation sites is 1. The molecule has 4 rings (SSSR count). The van der Waals surface area contributed by atoms with Gasteiger partial charge < -0.3 is 15.2 Å². The smallest absolute Gasteiger partial charge is 0.323 e. The van der Waals surface area contributed by atoms with E-state index in [2.05, 4.69) is 20.8 Å². The summed E-state index contributed by atoms with van der Waals surface area (Å²) in [6.07, 6.45) is 0. The minimum absolute atomic E-state index is 0.303. The van der Waals surface area contributed by atoms with Gasteiger partial charge in [-0.3, -0.25) is 0 Å². The number of nitrogens with zero attached hydrogens (tertiary/aromatic N) is 2. The molecule has 2 aromatic carbocycles. The molecule has 2 heterocycles. The van der Waals surface area contributed by atoms with Gasteiger partial charge >= 0.3 is 6.03 Å². The predicted molar refractivity (Wildman–Crippen MR) is 102 cm³/mol. The zero-order valence-corrected chi connectivity index (χ0v) is 14.4. The largest absolute Gasteiger partial charge is 0.334 e. The van der Waals surface area contributed by atoms with Gasteiger partial charge in [0.1, 0.15) is 0 Å². The van der Waals surface area contributed by atoms with Gasteiger partial charge in [0, 0.05) is 22.3 Å². The first-order valence-corrected chi connectivity index (χ1v) is 8.82. The fourth-order valence-electron chi connectivity index (χ4n) is 2.36. The van der Waals surface area contributed by atoms with Gasteiger partial charge in [0.05, 0.1) is 5.56 Å². The molecule has 0 bridgehead atoms. The van der Waals surface area contributed by atoms with E-state index >= 15 is 0 Å². The maximum absolute atomic E-state index is 12.0. The van der Waals surface area contributed by atoms with Gasteiger partial charge in [0.2, 0.25) is 5.82 Å². The van der Waals surface area contributed by atoms with Crippen LogP contribution in [0.1, 0.15) is 0 Å². The molecule has 0 atom stereocenters. The molecular weight excluding hydrogens is 348 g/mol. The molecule has 2 N–H and O–H groups in total. The number of aromatic nitrogens is 2. The molecule has 0 fully saturated rings. The standard InChI is InChI=1S/C19H14N4O2S/c24-19(20-15-4-2-1-3-5-15)21-16-8-6-13(7-9-16)17-22-18(25-23-17)14-10-11-26-12-14/h1-12H,(H2,20,21,24). The Labute approximate surface area is 153 Å². The molecule has 0 unspecified atom stereocenters. The third kappa shape index (κ3) is 3.62. The van der Waals surface area contributed by atoms with Crippen molar-refractivity contribution in [2.75, 3.05) is 10.6 Å². The number of hydrogen-bond acceptors (Lipinski definition) is 5. The van der Waals surface area contributed by atoms with Crippen LogP contribution < -0.4 is 10.6 Å². The van der Waals surface area contributed by atoms with Crippen molar-refractivity contribution in [1.29, 1.82) is 0 Å². The zero-order chi connectivity index (χ0) is 17.8. The molecule has 0 spiro atoms. The summed E-state index contributed by atoms with van der Waals surface area (Å²) in [5.41, 5.74) is 3.12. The number of carbonyl (C=O) groups is 1. The SMILES string of the molecule is O=C(Nc1ccccc1)Nc1ccc(-c2noc(-c3ccsc3)n2)cc1. The highest BCUT2D eigenvalue weighted by Crippen LogP contribution is 2.24. The molecule has 4 aromatic rings. The highest BCUT2D eigenvalue weighted by molar-refractivity contribution is 7.08.